The third-order valence-corrected chi connectivity index (χ3v) is 6.61. The lowest BCUT2D eigenvalue weighted by Crippen LogP contribution is -2.22. The number of carbonyl (C=O) groups excluding carboxylic acids is 2. The van der Waals surface area contributed by atoms with Crippen LogP contribution in [0.3, 0.4) is 0 Å². The van der Waals surface area contributed by atoms with Gasteiger partial charge in [-0.3, -0.25) is 10.1 Å². The summed E-state index contributed by atoms with van der Waals surface area (Å²) in [6.45, 7) is 1.94. The van der Waals surface area contributed by atoms with Crippen LogP contribution < -0.4 is 16.4 Å². The molecule has 0 aliphatic heterocycles. The number of allylic oxidation sites excluding steroid dienone is 1. The summed E-state index contributed by atoms with van der Waals surface area (Å²) in [7, 11) is 0. The maximum Gasteiger partial charge on any atom is 0.412 e. The third kappa shape index (κ3) is 8.27. The molecule has 3 aromatic carbocycles. The second-order valence-corrected chi connectivity index (χ2v) is 10.4. The van der Waals surface area contributed by atoms with E-state index in [9.17, 15) is 14.7 Å². The molecule has 0 unspecified atom stereocenters. The predicted octanol–water partition coefficient (Wildman–Crippen LogP) is 7.24. The average molecular weight is 664 g/mol. The Labute approximate surface area is 232 Å². The quantitative estimate of drug-likeness (QED) is 0.109. The summed E-state index contributed by atoms with van der Waals surface area (Å²) in [5.41, 5.74) is 8.03. The van der Waals surface area contributed by atoms with Crippen LogP contribution in [0, 0.1) is 9.49 Å². The highest BCUT2D eigenvalue weighted by molar-refractivity contribution is 14.1. The molecule has 0 saturated heterocycles. The number of hydrogen-bond acceptors (Lipinski definition) is 5. The van der Waals surface area contributed by atoms with Crippen LogP contribution in [0.1, 0.15) is 31.4 Å². The van der Waals surface area contributed by atoms with Crippen LogP contribution in [-0.4, -0.2) is 17.1 Å². The molecular weight excluding hydrogens is 637 g/mol. The van der Waals surface area contributed by atoms with Crippen LogP contribution in [0.2, 0.25) is 0 Å². The molecule has 5 N–H and O–H groups in total. The molecule has 188 valence electrons. The zero-order valence-corrected chi connectivity index (χ0v) is 23.3. The molecular formula is C27H27BrIN3O4. The van der Waals surface area contributed by atoms with Crippen molar-refractivity contribution in [2.45, 2.75) is 25.9 Å². The topological polar surface area (TPSA) is 114 Å². The van der Waals surface area contributed by atoms with Gasteiger partial charge < -0.3 is 20.9 Å². The van der Waals surface area contributed by atoms with Gasteiger partial charge in [-0.15, -0.1) is 0 Å². The van der Waals surface area contributed by atoms with E-state index in [2.05, 4.69) is 49.2 Å². The standard InChI is InChI=1S/C27H27BrIN3O4/c1-17(6-2-5-9-25(34)32-23-8-4-3-7-22(23)30)26(21-16-19(29)12-15-24(21)33)36-27(35)31-20-13-10-18(28)11-14-20/h3-5,7-17,26,33H,2,6,30H2,1H3,(H,31,35)(H,32,34)/b9-5+/t17-,26-/m0/s1. The van der Waals surface area contributed by atoms with Crippen LogP contribution in [-0.2, 0) is 9.53 Å². The number of phenolic OH excluding ortho intramolecular Hbond substituents is 1. The molecule has 2 atom stereocenters. The van der Waals surface area contributed by atoms with E-state index < -0.39 is 12.2 Å². The number of nitrogens with two attached hydrogens (primary N) is 1. The average Bonchev–Trinajstić information content (AvgIpc) is 2.85. The minimum Gasteiger partial charge on any atom is -0.508 e. The second kappa shape index (κ2) is 13.3. The molecule has 0 radical (unpaired) electrons. The maximum absolute atomic E-state index is 12.7. The van der Waals surface area contributed by atoms with Gasteiger partial charge in [0.25, 0.3) is 0 Å². The summed E-state index contributed by atoms with van der Waals surface area (Å²) in [4.78, 5) is 24.9. The van der Waals surface area contributed by atoms with Crippen molar-refractivity contribution in [1.29, 1.82) is 0 Å². The normalized spacial score (nSPS) is 12.6. The minimum absolute atomic E-state index is 0.0547. The Morgan fingerprint density at radius 1 is 1.11 bits per heavy atom. The van der Waals surface area contributed by atoms with Gasteiger partial charge in [-0.25, -0.2) is 4.79 Å². The number of carbonyl (C=O) groups is 2. The summed E-state index contributed by atoms with van der Waals surface area (Å²) in [5, 5.41) is 16.0. The van der Waals surface area contributed by atoms with Gasteiger partial charge in [-0.2, -0.15) is 0 Å². The van der Waals surface area contributed by atoms with Crippen molar-refractivity contribution in [2.75, 3.05) is 16.4 Å². The predicted molar refractivity (Wildman–Crippen MR) is 155 cm³/mol. The zero-order chi connectivity index (χ0) is 26.1. The molecule has 7 nitrogen and oxygen atoms in total. The van der Waals surface area contributed by atoms with Crippen molar-refractivity contribution in [1.82, 2.24) is 0 Å². The SMILES string of the molecule is C[C@@H](CC/C=C/C(=O)Nc1ccccc1N)[C@H](OC(=O)Nc1ccc(Br)cc1)c1cc(I)ccc1O. The van der Waals surface area contributed by atoms with Crippen molar-refractivity contribution in [3.8, 4) is 5.75 Å². The van der Waals surface area contributed by atoms with Gasteiger partial charge in [0.15, 0.2) is 0 Å². The van der Waals surface area contributed by atoms with Gasteiger partial charge in [0, 0.05) is 19.3 Å². The van der Waals surface area contributed by atoms with Crippen LogP contribution in [0.15, 0.2) is 83.4 Å². The van der Waals surface area contributed by atoms with E-state index >= 15 is 0 Å². The first-order valence-corrected chi connectivity index (χ1v) is 13.1. The number of phenols is 1. The Bertz CT molecular complexity index is 1230. The first-order chi connectivity index (χ1) is 17.2. The molecule has 0 aliphatic rings. The molecule has 2 amide bonds. The van der Waals surface area contributed by atoms with Gasteiger partial charge in [0.05, 0.1) is 11.4 Å². The molecule has 0 saturated carbocycles. The first-order valence-electron chi connectivity index (χ1n) is 11.3. The number of hydrogen-bond donors (Lipinski definition) is 4. The van der Waals surface area contributed by atoms with Crippen LogP contribution in [0.4, 0.5) is 21.9 Å². The van der Waals surface area contributed by atoms with E-state index in [4.69, 9.17) is 10.5 Å². The van der Waals surface area contributed by atoms with Gasteiger partial charge >= 0.3 is 6.09 Å². The largest absolute Gasteiger partial charge is 0.508 e. The van der Waals surface area contributed by atoms with Gasteiger partial charge in [0.2, 0.25) is 5.91 Å². The zero-order valence-electron chi connectivity index (χ0n) is 19.6. The molecule has 0 heterocycles. The number of nitrogens with one attached hydrogen (secondary N) is 2. The smallest absolute Gasteiger partial charge is 0.412 e. The van der Waals surface area contributed by atoms with Crippen molar-refractivity contribution in [3.63, 3.8) is 0 Å². The van der Waals surface area contributed by atoms with Crippen molar-refractivity contribution in [2.24, 2.45) is 5.92 Å². The number of benzene rings is 3. The molecule has 36 heavy (non-hydrogen) atoms. The lowest BCUT2D eigenvalue weighted by atomic mass is 9.92. The number of ether oxygens (including phenoxy) is 1. The molecule has 3 rings (SSSR count). The van der Waals surface area contributed by atoms with Gasteiger partial charge in [-0.05, 0) is 102 Å². The first kappa shape index (κ1) is 27.5. The summed E-state index contributed by atoms with van der Waals surface area (Å²) in [5.74, 6) is -0.376. The molecule has 0 fully saturated rings. The Morgan fingerprint density at radius 2 is 1.83 bits per heavy atom. The number of aromatic hydroxyl groups is 1. The summed E-state index contributed by atoms with van der Waals surface area (Å²) < 4.78 is 7.60. The number of para-hydroxylation sites is 2. The monoisotopic (exact) mass is 663 g/mol. The Morgan fingerprint density at radius 3 is 2.56 bits per heavy atom. The molecule has 0 spiro atoms. The van der Waals surface area contributed by atoms with Gasteiger partial charge in [0.1, 0.15) is 11.9 Å². The number of rotatable bonds is 9. The van der Waals surface area contributed by atoms with Crippen molar-refractivity contribution >= 4 is 67.6 Å². The van der Waals surface area contributed by atoms with Crippen LogP contribution in [0.25, 0.3) is 0 Å². The Hall–Kier alpha value is -3.05. The fourth-order valence-electron chi connectivity index (χ4n) is 3.52. The van der Waals surface area contributed by atoms with E-state index in [1.54, 1.807) is 60.7 Å². The van der Waals surface area contributed by atoms with E-state index in [1.807, 2.05) is 19.1 Å². The highest BCUT2D eigenvalue weighted by atomic mass is 127. The van der Waals surface area contributed by atoms with Crippen molar-refractivity contribution in [3.05, 3.63) is 92.5 Å². The summed E-state index contributed by atoms with van der Waals surface area (Å²) in [6.07, 6.45) is 3.08. The summed E-state index contributed by atoms with van der Waals surface area (Å²) in [6, 6.07) is 19.4. The molecule has 3 aromatic rings. The number of halogens is 2. The lowest BCUT2D eigenvalue weighted by molar-refractivity contribution is -0.111. The van der Waals surface area contributed by atoms with Gasteiger partial charge in [-0.1, -0.05) is 41.1 Å². The fourth-order valence-corrected chi connectivity index (χ4v) is 4.30. The Balaban J connectivity index is 1.65. The molecule has 0 bridgehead atoms. The lowest BCUT2D eigenvalue weighted by Gasteiger charge is -2.25. The molecule has 9 heteroatoms. The summed E-state index contributed by atoms with van der Waals surface area (Å²) >= 11 is 5.52. The molecule has 0 aromatic heterocycles. The number of nitrogen functional groups attached to an aromatic ring is 1. The third-order valence-electron chi connectivity index (χ3n) is 5.41. The molecule has 0 aliphatic carbocycles. The minimum atomic E-state index is -0.693. The van der Waals surface area contributed by atoms with E-state index in [0.717, 1.165) is 8.04 Å². The number of amides is 2. The highest BCUT2D eigenvalue weighted by Crippen LogP contribution is 2.36. The second-order valence-electron chi connectivity index (χ2n) is 8.19. The number of anilines is 3. The van der Waals surface area contributed by atoms with E-state index in [0.29, 0.717) is 35.5 Å². The van der Waals surface area contributed by atoms with Crippen LogP contribution >= 0.6 is 38.5 Å². The van der Waals surface area contributed by atoms with Crippen LogP contribution in [0.5, 0.6) is 5.75 Å². The maximum atomic E-state index is 12.7. The Kier molecular flexibility index (Phi) is 10.2. The highest BCUT2D eigenvalue weighted by Gasteiger charge is 2.26. The fraction of sp³-hybridized carbons (Fsp3) is 0.185. The van der Waals surface area contributed by atoms with E-state index in [-0.39, 0.29) is 17.6 Å². The van der Waals surface area contributed by atoms with Crippen molar-refractivity contribution < 1.29 is 19.4 Å². The van der Waals surface area contributed by atoms with E-state index in [1.165, 1.54) is 6.08 Å².